The topological polar surface area (TPSA) is 102 Å². The molecule has 28 heavy (non-hydrogen) atoms. The molecule has 1 fully saturated rings. The molecule has 144 valence electrons. The summed E-state index contributed by atoms with van der Waals surface area (Å²) in [7, 11) is 0. The highest BCUT2D eigenvalue weighted by molar-refractivity contribution is 5.86. The smallest absolute Gasteiger partial charge is 0.407 e. The number of alkyl carbamates (subject to hydrolysis) is 1. The van der Waals surface area contributed by atoms with E-state index in [0.717, 1.165) is 22.3 Å². The fourth-order valence-corrected chi connectivity index (χ4v) is 3.78. The number of ether oxygens (including phenoxy) is 2. The normalized spacial score (nSPS) is 19.8. The average molecular weight is 381 g/mol. The Morgan fingerprint density at radius 2 is 1.64 bits per heavy atom. The largest absolute Gasteiger partial charge is 0.481 e. The molecule has 0 bridgehead atoms. The van der Waals surface area contributed by atoms with Gasteiger partial charge in [-0.2, -0.15) is 0 Å². The van der Waals surface area contributed by atoms with Crippen LogP contribution in [0.5, 0.6) is 0 Å². The van der Waals surface area contributed by atoms with Gasteiger partial charge in [0.2, 0.25) is 0 Å². The lowest BCUT2D eigenvalue weighted by Crippen LogP contribution is -2.60. The number of carbonyl (C=O) groups is 3. The number of carboxylic acid groups (broad SMARTS) is 1. The Balaban J connectivity index is 1.39. The Labute approximate surface area is 161 Å². The molecule has 2 aliphatic rings. The molecule has 2 aromatic carbocycles. The predicted octanol–water partition coefficient (Wildman–Crippen LogP) is 2.68. The lowest BCUT2D eigenvalue weighted by atomic mass is 9.98. The van der Waals surface area contributed by atoms with Crippen molar-refractivity contribution < 1.29 is 29.0 Å². The summed E-state index contributed by atoms with van der Waals surface area (Å²) in [6, 6.07) is 15.1. The SMILES string of the molecule is O=C(O)CC[C@H]1OC(=O)[C@H]1NC(=O)OCC1c2ccccc2-c2ccccc21. The summed E-state index contributed by atoms with van der Waals surface area (Å²) in [5.74, 6) is -1.64. The maximum absolute atomic E-state index is 12.2. The maximum atomic E-state index is 12.2. The number of amides is 1. The molecule has 0 saturated carbocycles. The molecule has 0 spiro atoms. The van der Waals surface area contributed by atoms with Crippen LogP contribution in [0.1, 0.15) is 29.9 Å². The quantitative estimate of drug-likeness (QED) is 0.746. The standard InChI is InChI=1S/C21H19NO6/c23-18(24)10-9-17-19(20(25)28-17)22-21(26)27-11-16-14-7-3-1-5-12(14)13-6-2-4-8-15(13)16/h1-8,16-17,19H,9-11H2,(H,22,26)(H,23,24)/t17-,19+/m1/s1. The maximum Gasteiger partial charge on any atom is 0.407 e. The number of cyclic esters (lactones) is 1. The highest BCUT2D eigenvalue weighted by Gasteiger charge is 2.44. The van der Waals surface area contributed by atoms with Gasteiger partial charge >= 0.3 is 18.0 Å². The lowest BCUT2D eigenvalue weighted by molar-refractivity contribution is -0.178. The van der Waals surface area contributed by atoms with Crippen LogP contribution < -0.4 is 5.32 Å². The molecule has 1 aliphatic heterocycles. The van der Waals surface area contributed by atoms with E-state index in [2.05, 4.69) is 5.32 Å². The van der Waals surface area contributed by atoms with Crippen molar-refractivity contribution in [2.45, 2.75) is 30.9 Å². The second-order valence-electron chi connectivity index (χ2n) is 6.86. The van der Waals surface area contributed by atoms with Crippen molar-refractivity contribution in [3.8, 4) is 11.1 Å². The number of aliphatic carboxylic acids is 1. The fourth-order valence-electron chi connectivity index (χ4n) is 3.78. The number of esters is 1. The Kier molecular flexibility index (Phi) is 4.73. The van der Waals surface area contributed by atoms with Crippen LogP contribution in [0.3, 0.4) is 0 Å². The van der Waals surface area contributed by atoms with Crippen LogP contribution >= 0.6 is 0 Å². The first-order chi connectivity index (χ1) is 13.5. The third-order valence-corrected chi connectivity index (χ3v) is 5.15. The summed E-state index contributed by atoms with van der Waals surface area (Å²) in [6.45, 7) is 0.140. The third kappa shape index (κ3) is 3.31. The van der Waals surface area contributed by atoms with Crippen LogP contribution in [-0.2, 0) is 19.1 Å². The van der Waals surface area contributed by atoms with Crippen LogP contribution in [0.4, 0.5) is 4.79 Å². The number of hydrogen-bond acceptors (Lipinski definition) is 5. The summed E-state index contributed by atoms with van der Waals surface area (Å²) in [6.07, 6.45) is -1.34. The number of hydrogen-bond donors (Lipinski definition) is 2. The molecular weight excluding hydrogens is 362 g/mol. The molecule has 1 saturated heterocycles. The molecule has 0 unspecified atom stereocenters. The van der Waals surface area contributed by atoms with Gasteiger partial charge in [-0.3, -0.25) is 4.79 Å². The van der Waals surface area contributed by atoms with Gasteiger partial charge in [-0.15, -0.1) is 0 Å². The predicted molar refractivity (Wildman–Crippen MR) is 98.7 cm³/mol. The van der Waals surface area contributed by atoms with Crippen molar-refractivity contribution >= 4 is 18.0 Å². The van der Waals surface area contributed by atoms with Gasteiger partial charge in [-0.25, -0.2) is 9.59 Å². The molecule has 0 aromatic heterocycles. The molecular formula is C21H19NO6. The molecule has 4 rings (SSSR count). The van der Waals surface area contributed by atoms with Crippen molar-refractivity contribution in [1.29, 1.82) is 0 Å². The number of rotatable bonds is 6. The van der Waals surface area contributed by atoms with Gasteiger partial charge in [0.05, 0.1) is 0 Å². The summed E-state index contributed by atoms with van der Waals surface area (Å²) < 4.78 is 10.3. The molecule has 7 heteroatoms. The molecule has 7 nitrogen and oxygen atoms in total. The highest BCUT2D eigenvalue weighted by Crippen LogP contribution is 2.44. The second-order valence-corrected chi connectivity index (χ2v) is 6.86. The molecule has 2 N–H and O–H groups in total. The first kappa shape index (κ1) is 18.0. The fraction of sp³-hybridized carbons (Fsp3) is 0.286. The zero-order chi connectivity index (χ0) is 19.7. The molecule has 1 amide bonds. The van der Waals surface area contributed by atoms with E-state index in [9.17, 15) is 14.4 Å². The van der Waals surface area contributed by atoms with E-state index in [4.69, 9.17) is 14.6 Å². The molecule has 2 aromatic rings. The average Bonchev–Trinajstić information content (AvgIpc) is 3.01. The van der Waals surface area contributed by atoms with Gasteiger partial charge in [0.15, 0.2) is 6.04 Å². The van der Waals surface area contributed by atoms with E-state index in [0.29, 0.717) is 0 Å². The Morgan fingerprint density at radius 3 is 2.21 bits per heavy atom. The van der Waals surface area contributed by atoms with Crippen LogP contribution in [0.2, 0.25) is 0 Å². The van der Waals surface area contributed by atoms with Gasteiger partial charge < -0.3 is 19.9 Å². The number of benzene rings is 2. The number of nitrogens with one attached hydrogen (secondary N) is 1. The van der Waals surface area contributed by atoms with Crippen molar-refractivity contribution in [1.82, 2.24) is 5.32 Å². The van der Waals surface area contributed by atoms with Crippen molar-refractivity contribution in [2.75, 3.05) is 6.61 Å². The van der Waals surface area contributed by atoms with Gasteiger partial charge in [-0.05, 0) is 28.7 Å². The third-order valence-electron chi connectivity index (χ3n) is 5.15. The molecule has 2 atom stereocenters. The zero-order valence-electron chi connectivity index (χ0n) is 15.0. The van der Waals surface area contributed by atoms with E-state index in [1.54, 1.807) is 0 Å². The van der Waals surface area contributed by atoms with Crippen LogP contribution in [0, 0.1) is 0 Å². The zero-order valence-corrected chi connectivity index (χ0v) is 15.0. The number of fused-ring (bicyclic) bond motifs is 3. The Bertz CT molecular complexity index is 894. The summed E-state index contributed by atoms with van der Waals surface area (Å²) in [5, 5.41) is 11.2. The molecule has 0 radical (unpaired) electrons. The van der Waals surface area contributed by atoms with E-state index in [1.165, 1.54) is 0 Å². The summed E-state index contributed by atoms with van der Waals surface area (Å²) >= 11 is 0. The van der Waals surface area contributed by atoms with Crippen LogP contribution in [0.25, 0.3) is 11.1 Å². The van der Waals surface area contributed by atoms with Crippen LogP contribution in [0.15, 0.2) is 48.5 Å². The van der Waals surface area contributed by atoms with Crippen LogP contribution in [-0.4, -0.2) is 41.9 Å². The monoisotopic (exact) mass is 381 g/mol. The van der Waals surface area contributed by atoms with E-state index in [1.807, 2.05) is 48.5 Å². The number of carbonyl (C=O) groups excluding carboxylic acids is 2. The number of carboxylic acids is 1. The minimum atomic E-state index is -0.983. The van der Waals surface area contributed by atoms with Gasteiger partial charge in [0, 0.05) is 12.3 Å². The van der Waals surface area contributed by atoms with E-state index in [-0.39, 0.29) is 25.4 Å². The van der Waals surface area contributed by atoms with Gasteiger partial charge in [-0.1, -0.05) is 48.5 Å². The minimum absolute atomic E-state index is 0.0747. The Morgan fingerprint density at radius 1 is 1.04 bits per heavy atom. The van der Waals surface area contributed by atoms with E-state index >= 15 is 0 Å². The summed E-state index contributed by atoms with van der Waals surface area (Å²) in [5.41, 5.74) is 4.45. The molecule has 1 aliphatic carbocycles. The molecule has 1 heterocycles. The van der Waals surface area contributed by atoms with E-state index < -0.39 is 30.2 Å². The van der Waals surface area contributed by atoms with Crippen molar-refractivity contribution in [3.63, 3.8) is 0 Å². The van der Waals surface area contributed by atoms with Gasteiger partial charge in [0.1, 0.15) is 12.7 Å². The lowest BCUT2D eigenvalue weighted by Gasteiger charge is -2.34. The first-order valence-electron chi connectivity index (χ1n) is 9.08. The minimum Gasteiger partial charge on any atom is -0.481 e. The highest BCUT2D eigenvalue weighted by atomic mass is 16.6. The second kappa shape index (κ2) is 7.34. The van der Waals surface area contributed by atoms with Crippen molar-refractivity contribution in [2.24, 2.45) is 0 Å². The Hall–Kier alpha value is -3.35. The van der Waals surface area contributed by atoms with Gasteiger partial charge in [0.25, 0.3) is 0 Å². The first-order valence-corrected chi connectivity index (χ1v) is 9.08. The summed E-state index contributed by atoms with van der Waals surface area (Å²) in [4.78, 5) is 34.4. The van der Waals surface area contributed by atoms with Crippen molar-refractivity contribution in [3.05, 3.63) is 59.7 Å².